The van der Waals surface area contributed by atoms with Crippen molar-refractivity contribution in [3.63, 3.8) is 0 Å². The summed E-state index contributed by atoms with van der Waals surface area (Å²) in [6.45, 7) is -0.267. The molecule has 1 heterocycles. The van der Waals surface area contributed by atoms with Crippen LogP contribution in [0.5, 0.6) is 0 Å². The summed E-state index contributed by atoms with van der Waals surface area (Å²) in [6.07, 6.45) is 1.16. The minimum Gasteiger partial charge on any atom is -0.322 e. The zero-order valence-corrected chi connectivity index (χ0v) is 10.4. The van der Waals surface area contributed by atoms with Gasteiger partial charge in [-0.1, -0.05) is 23.7 Å². The van der Waals surface area contributed by atoms with Crippen molar-refractivity contribution in [1.82, 2.24) is 9.55 Å². The molecule has 2 aromatic rings. The lowest BCUT2D eigenvalue weighted by Crippen LogP contribution is -2.27. The molecule has 1 amide bonds. The van der Waals surface area contributed by atoms with Gasteiger partial charge in [0, 0.05) is 6.07 Å². The van der Waals surface area contributed by atoms with Crippen LogP contribution in [0.25, 0.3) is 0 Å². The normalized spacial score (nSPS) is 10.2. The van der Waals surface area contributed by atoms with Crippen LogP contribution in [0.15, 0.2) is 41.5 Å². The van der Waals surface area contributed by atoms with Gasteiger partial charge in [-0.3, -0.25) is 14.2 Å². The lowest BCUT2D eigenvalue weighted by atomic mass is 10.3. The van der Waals surface area contributed by atoms with E-state index in [2.05, 4.69) is 10.3 Å². The largest absolute Gasteiger partial charge is 0.322 e. The van der Waals surface area contributed by atoms with Crippen molar-refractivity contribution in [1.29, 1.82) is 0 Å². The topological polar surface area (TPSA) is 64.0 Å². The molecule has 19 heavy (non-hydrogen) atoms. The number of halogens is 2. The van der Waals surface area contributed by atoms with Gasteiger partial charge in [-0.25, -0.2) is 9.37 Å². The maximum atomic E-state index is 13.3. The van der Waals surface area contributed by atoms with E-state index in [1.54, 1.807) is 6.07 Å². The fourth-order valence-corrected chi connectivity index (χ4v) is 1.57. The number of nitrogens with one attached hydrogen (secondary N) is 1. The summed E-state index contributed by atoms with van der Waals surface area (Å²) < 4.78 is 14.4. The van der Waals surface area contributed by atoms with Gasteiger partial charge in [-0.2, -0.15) is 0 Å². The van der Waals surface area contributed by atoms with Gasteiger partial charge in [0.25, 0.3) is 5.56 Å². The minimum atomic E-state index is -0.544. The Morgan fingerprint density at radius 1 is 1.42 bits per heavy atom. The summed E-state index contributed by atoms with van der Waals surface area (Å²) >= 11 is 5.53. The van der Waals surface area contributed by atoms with Gasteiger partial charge in [0.05, 0.1) is 12.0 Å². The molecule has 2 rings (SSSR count). The monoisotopic (exact) mass is 281 g/mol. The van der Waals surface area contributed by atoms with E-state index in [4.69, 9.17) is 11.6 Å². The highest BCUT2D eigenvalue weighted by atomic mass is 35.5. The number of hydrogen-bond donors (Lipinski definition) is 1. The van der Waals surface area contributed by atoms with Gasteiger partial charge >= 0.3 is 0 Å². The first-order valence-electron chi connectivity index (χ1n) is 5.32. The third kappa shape index (κ3) is 3.38. The Bertz CT molecular complexity index is 672. The zero-order chi connectivity index (χ0) is 13.8. The van der Waals surface area contributed by atoms with Crippen LogP contribution in [-0.4, -0.2) is 15.5 Å². The molecule has 5 nitrogen and oxygen atoms in total. The highest BCUT2D eigenvalue weighted by Gasteiger charge is 2.08. The predicted octanol–water partition coefficient (Wildman–Crippen LogP) is 1.67. The van der Waals surface area contributed by atoms with Crippen molar-refractivity contribution >= 4 is 23.2 Å². The minimum absolute atomic E-state index is 0.0516. The molecule has 0 radical (unpaired) electrons. The summed E-state index contributed by atoms with van der Waals surface area (Å²) in [4.78, 5) is 26.8. The second-order valence-corrected chi connectivity index (χ2v) is 4.09. The Morgan fingerprint density at radius 2 is 2.16 bits per heavy atom. The molecule has 0 bridgehead atoms. The molecule has 0 spiro atoms. The average Bonchev–Trinajstić information content (AvgIpc) is 2.36. The van der Waals surface area contributed by atoms with E-state index in [0.29, 0.717) is 0 Å². The van der Waals surface area contributed by atoms with E-state index in [0.717, 1.165) is 17.0 Å². The standard InChI is InChI=1S/C12H9ClFN3O2/c13-10-5-12(19)17(7-15-10)6-11(18)16-9-4-2-1-3-8(9)14/h1-5,7H,6H2,(H,16,18). The highest BCUT2D eigenvalue weighted by Crippen LogP contribution is 2.12. The number of hydrogen-bond acceptors (Lipinski definition) is 3. The maximum absolute atomic E-state index is 13.3. The lowest BCUT2D eigenvalue weighted by Gasteiger charge is -2.07. The molecule has 0 unspecified atom stereocenters. The second kappa shape index (κ2) is 5.62. The number of para-hydroxylation sites is 1. The number of rotatable bonds is 3. The average molecular weight is 282 g/mol. The Morgan fingerprint density at radius 3 is 2.84 bits per heavy atom. The summed E-state index contributed by atoms with van der Waals surface area (Å²) in [6, 6.07) is 6.85. The van der Waals surface area contributed by atoms with Crippen molar-refractivity contribution in [2.45, 2.75) is 6.54 Å². The van der Waals surface area contributed by atoms with E-state index < -0.39 is 17.3 Å². The SMILES string of the molecule is O=C(Cn1cnc(Cl)cc1=O)Nc1ccccc1F. The maximum Gasteiger partial charge on any atom is 0.255 e. The fraction of sp³-hybridized carbons (Fsp3) is 0.0833. The third-order valence-corrected chi connectivity index (χ3v) is 2.51. The zero-order valence-electron chi connectivity index (χ0n) is 9.64. The smallest absolute Gasteiger partial charge is 0.255 e. The molecule has 0 aliphatic carbocycles. The number of aromatic nitrogens is 2. The van der Waals surface area contributed by atoms with Crippen LogP contribution in [0.1, 0.15) is 0 Å². The van der Waals surface area contributed by atoms with Crippen LogP contribution in [0, 0.1) is 5.82 Å². The molecule has 1 aromatic heterocycles. The number of carbonyl (C=O) groups is 1. The molecule has 0 aliphatic heterocycles. The number of benzene rings is 1. The summed E-state index contributed by atoms with van der Waals surface area (Å²) in [5, 5.41) is 2.42. The first-order valence-corrected chi connectivity index (χ1v) is 5.70. The molecule has 0 aliphatic rings. The molecule has 0 atom stereocenters. The Labute approximate surface area is 112 Å². The van der Waals surface area contributed by atoms with Crippen molar-refractivity contribution in [3.8, 4) is 0 Å². The Balaban J connectivity index is 2.10. The van der Waals surface area contributed by atoms with Crippen LogP contribution in [0.2, 0.25) is 5.15 Å². The van der Waals surface area contributed by atoms with Crippen LogP contribution < -0.4 is 10.9 Å². The van der Waals surface area contributed by atoms with Crippen molar-refractivity contribution in [2.24, 2.45) is 0 Å². The van der Waals surface area contributed by atoms with Crippen LogP contribution >= 0.6 is 11.6 Å². The second-order valence-electron chi connectivity index (χ2n) is 3.71. The first-order chi connectivity index (χ1) is 9.06. The van der Waals surface area contributed by atoms with E-state index in [9.17, 15) is 14.0 Å². The van der Waals surface area contributed by atoms with Gasteiger partial charge in [-0.15, -0.1) is 0 Å². The van der Waals surface area contributed by atoms with Crippen molar-refractivity contribution < 1.29 is 9.18 Å². The number of carbonyl (C=O) groups excluding carboxylic acids is 1. The van der Waals surface area contributed by atoms with Crippen LogP contribution in [-0.2, 0) is 11.3 Å². The number of nitrogens with zero attached hydrogens (tertiary/aromatic N) is 2. The third-order valence-electron chi connectivity index (χ3n) is 2.31. The van der Waals surface area contributed by atoms with Crippen molar-refractivity contribution in [3.05, 3.63) is 58.0 Å². The molecule has 0 saturated heterocycles. The van der Waals surface area contributed by atoms with Gasteiger partial charge in [0.15, 0.2) is 0 Å². The van der Waals surface area contributed by atoms with E-state index in [1.807, 2.05) is 0 Å². The first kappa shape index (κ1) is 13.2. The fourth-order valence-electron chi connectivity index (χ4n) is 1.43. The molecular formula is C12H9ClFN3O2. The Hall–Kier alpha value is -2.21. The Kier molecular flexibility index (Phi) is 3.91. The highest BCUT2D eigenvalue weighted by molar-refractivity contribution is 6.29. The molecule has 98 valence electrons. The number of anilines is 1. The van der Waals surface area contributed by atoms with Crippen molar-refractivity contribution in [2.75, 3.05) is 5.32 Å². The molecular weight excluding hydrogens is 273 g/mol. The molecule has 0 saturated carbocycles. The van der Waals surface area contributed by atoms with E-state index in [1.165, 1.54) is 18.2 Å². The van der Waals surface area contributed by atoms with E-state index in [-0.39, 0.29) is 17.4 Å². The summed E-state index contributed by atoms with van der Waals surface area (Å²) in [5.74, 6) is -1.08. The quantitative estimate of drug-likeness (QED) is 0.871. The van der Waals surface area contributed by atoms with E-state index >= 15 is 0 Å². The van der Waals surface area contributed by atoms with Gasteiger partial charge in [-0.05, 0) is 12.1 Å². The van der Waals surface area contributed by atoms with Gasteiger partial charge in [0.1, 0.15) is 17.5 Å². The number of amides is 1. The predicted molar refractivity (Wildman–Crippen MR) is 68.5 cm³/mol. The molecule has 1 N–H and O–H groups in total. The van der Waals surface area contributed by atoms with Gasteiger partial charge < -0.3 is 5.32 Å². The lowest BCUT2D eigenvalue weighted by molar-refractivity contribution is -0.116. The summed E-state index contributed by atoms with van der Waals surface area (Å²) in [5.41, 5.74) is -0.397. The molecule has 7 heteroatoms. The molecule has 1 aromatic carbocycles. The van der Waals surface area contributed by atoms with Crippen LogP contribution in [0.3, 0.4) is 0 Å². The molecule has 0 fully saturated rings. The van der Waals surface area contributed by atoms with Crippen LogP contribution in [0.4, 0.5) is 10.1 Å². The summed E-state index contributed by atoms with van der Waals surface area (Å²) in [7, 11) is 0. The van der Waals surface area contributed by atoms with Gasteiger partial charge in [0.2, 0.25) is 5.91 Å².